The van der Waals surface area contributed by atoms with E-state index < -0.39 is 0 Å². The summed E-state index contributed by atoms with van der Waals surface area (Å²) in [6.07, 6.45) is 0. The van der Waals surface area contributed by atoms with Crippen molar-refractivity contribution in [2.45, 2.75) is 13.8 Å². The van der Waals surface area contributed by atoms with Crippen molar-refractivity contribution in [2.75, 3.05) is 17.2 Å². The zero-order valence-corrected chi connectivity index (χ0v) is 11.2. The number of hydrogen-bond acceptors (Lipinski definition) is 2. The lowest BCUT2D eigenvalue weighted by molar-refractivity contribution is 0.102. The molecule has 0 aliphatic heterocycles. The van der Waals surface area contributed by atoms with Gasteiger partial charge in [-0.05, 0) is 50.2 Å². The highest BCUT2D eigenvalue weighted by molar-refractivity contribution is 6.04. The zero-order chi connectivity index (χ0) is 13.7. The van der Waals surface area contributed by atoms with Crippen LogP contribution in [0.25, 0.3) is 0 Å². The maximum absolute atomic E-state index is 12.0. The van der Waals surface area contributed by atoms with E-state index in [0.717, 1.165) is 23.5 Å². The third-order valence-corrected chi connectivity index (χ3v) is 2.84. The predicted molar refractivity (Wildman–Crippen MR) is 79.7 cm³/mol. The van der Waals surface area contributed by atoms with Crippen LogP contribution in [-0.2, 0) is 0 Å². The largest absolute Gasteiger partial charge is 0.385 e. The molecule has 0 bridgehead atoms. The van der Waals surface area contributed by atoms with Gasteiger partial charge in [0.15, 0.2) is 0 Å². The van der Waals surface area contributed by atoms with Crippen LogP contribution in [-0.4, -0.2) is 12.5 Å². The molecule has 2 aromatic carbocycles. The van der Waals surface area contributed by atoms with Crippen molar-refractivity contribution in [3.63, 3.8) is 0 Å². The lowest BCUT2D eigenvalue weighted by Crippen LogP contribution is -2.11. The average Bonchev–Trinajstić information content (AvgIpc) is 2.42. The molecule has 0 aromatic heterocycles. The Morgan fingerprint density at radius 3 is 2.11 bits per heavy atom. The number of anilines is 2. The molecule has 2 rings (SSSR count). The monoisotopic (exact) mass is 254 g/mol. The molecule has 0 fully saturated rings. The highest BCUT2D eigenvalue weighted by Gasteiger charge is 2.05. The van der Waals surface area contributed by atoms with Gasteiger partial charge in [0.1, 0.15) is 0 Å². The summed E-state index contributed by atoms with van der Waals surface area (Å²) < 4.78 is 0. The van der Waals surface area contributed by atoms with Crippen molar-refractivity contribution in [1.82, 2.24) is 0 Å². The van der Waals surface area contributed by atoms with E-state index in [2.05, 4.69) is 10.6 Å². The fourth-order valence-electron chi connectivity index (χ4n) is 1.78. The second-order valence-corrected chi connectivity index (χ2v) is 4.43. The van der Waals surface area contributed by atoms with Gasteiger partial charge in [0.2, 0.25) is 0 Å². The Kier molecular flexibility index (Phi) is 4.18. The molecule has 19 heavy (non-hydrogen) atoms. The van der Waals surface area contributed by atoms with Gasteiger partial charge in [0, 0.05) is 23.5 Å². The highest BCUT2D eigenvalue weighted by Crippen LogP contribution is 2.14. The summed E-state index contributed by atoms with van der Waals surface area (Å²) in [5.74, 6) is -0.0869. The molecule has 0 unspecified atom stereocenters. The first kappa shape index (κ1) is 13.1. The Morgan fingerprint density at radius 1 is 0.947 bits per heavy atom. The van der Waals surface area contributed by atoms with E-state index in [9.17, 15) is 4.79 Å². The van der Waals surface area contributed by atoms with Crippen LogP contribution in [0.3, 0.4) is 0 Å². The smallest absolute Gasteiger partial charge is 0.255 e. The van der Waals surface area contributed by atoms with Gasteiger partial charge in [0.25, 0.3) is 5.91 Å². The van der Waals surface area contributed by atoms with Gasteiger partial charge >= 0.3 is 0 Å². The lowest BCUT2D eigenvalue weighted by Gasteiger charge is -2.07. The minimum Gasteiger partial charge on any atom is -0.385 e. The first-order chi connectivity index (χ1) is 9.19. The maximum Gasteiger partial charge on any atom is 0.255 e. The van der Waals surface area contributed by atoms with Gasteiger partial charge in [-0.25, -0.2) is 0 Å². The summed E-state index contributed by atoms with van der Waals surface area (Å²) in [6.45, 7) is 4.93. The fourth-order valence-corrected chi connectivity index (χ4v) is 1.78. The molecule has 0 radical (unpaired) electrons. The minimum atomic E-state index is -0.0869. The Bertz CT molecular complexity index is 544. The summed E-state index contributed by atoms with van der Waals surface area (Å²) in [6, 6.07) is 15.2. The molecule has 0 saturated heterocycles. The van der Waals surface area contributed by atoms with Gasteiger partial charge in [0.05, 0.1) is 0 Å². The van der Waals surface area contributed by atoms with Crippen LogP contribution in [0.1, 0.15) is 22.8 Å². The van der Waals surface area contributed by atoms with E-state index in [4.69, 9.17) is 0 Å². The first-order valence-electron chi connectivity index (χ1n) is 6.41. The van der Waals surface area contributed by atoms with Crippen LogP contribution in [0.15, 0.2) is 48.5 Å². The number of hydrogen-bond donors (Lipinski definition) is 2. The van der Waals surface area contributed by atoms with E-state index >= 15 is 0 Å². The minimum absolute atomic E-state index is 0.0869. The van der Waals surface area contributed by atoms with E-state index in [0.29, 0.717) is 5.56 Å². The molecule has 0 saturated carbocycles. The highest BCUT2D eigenvalue weighted by atomic mass is 16.1. The fraction of sp³-hybridized carbons (Fsp3) is 0.188. The molecule has 0 atom stereocenters. The van der Waals surface area contributed by atoms with Crippen molar-refractivity contribution in [1.29, 1.82) is 0 Å². The Morgan fingerprint density at radius 2 is 1.53 bits per heavy atom. The Labute approximate surface area is 113 Å². The molecule has 0 spiro atoms. The molecule has 0 heterocycles. The first-order valence-corrected chi connectivity index (χ1v) is 6.41. The maximum atomic E-state index is 12.0. The van der Waals surface area contributed by atoms with Gasteiger partial charge in [-0.15, -0.1) is 0 Å². The van der Waals surface area contributed by atoms with Crippen LogP contribution >= 0.6 is 0 Å². The average molecular weight is 254 g/mol. The molecule has 2 aromatic rings. The SMILES string of the molecule is CCNc1ccc(NC(=O)c2ccc(C)cc2)cc1. The summed E-state index contributed by atoms with van der Waals surface area (Å²) in [7, 11) is 0. The number of aryl methyl sites for hydroxylation is 1. The van der Waals surface area contributed by atoms with Gasteiger partial charge in [-0.2, -0.15) is 0 Å². The summed E-state index contributed by atoms with van der Waals surface area (Å²) in [4.78, 5) is 12.0. The van der Waals surface area contributed by atoms with Gasteiger partial charge in [-0.3, -0.25) is 4.79 Å². The second kappa shape index (κ2) is 6.05. The number of amides is 1. The van der Waals surface area contributed by atoms with E-state index in [1.54, 1.807) is 0 Å². The molecular weight excluding hydrogens is 236 g/mol. The molecule has 1 amide bonds. The van der Waals surface area contributed by atoms with Crippen molar-refractivity contribution in [3.8, 4) is 0 Å². The number of carbonyl (C=O) groups is 1. The van der Waals surface area contributed by atoms with Crippen LogP contribution < -0.4 is 10.6 Å². The standard InChI is InChI=1S/C16H18N2O/c1-3-17-14-8-10-15(11-9-14)18-16(19)13-6-4-12(2)5-7-13/h4-11,17H,3H2,1-2H3,(H,18,19). The number of carbonyl (C=O) groups excluding carboxylic acids is 1. The molecule has 0 aliphatic carbocycles. The molecule has 98 valence electrons. The summed E-state index contributed by atoms with van der Waals surface area (Å²) >= 11 is 0. The Balaban J connectivity index is 2.04. The molecule has 2 N–H and O–H groups in total. The van der Waals surface area contributed by atoms with Crippen molar-refractivity contribution in [2.24, 2.45) is 0 Å². The third kappa shape index (κ3) is 3.58. The zero-order valence-electron chi connectivity index (χ0n) is 11.2. The lowest BCUT2D eigenvalue weighted by atomic mass is 10.1. The van der Waals surface area contributed by atoms with Crippen LogP contribution in [0.4, 0.5) is 11.4 Å². The topological polar surface area (TPSA) is 41.1 Å². The quantitative estimate of drug-likeness (QED) is 0.873. The van der Waals surface area contributed by atoms with Crippen LogP contribution in [0.5, 0.6) is 0 Å². The molecular formula is C16H18N2O. The normalized spacial score (nSPS) is 10.0. The number of nitrogens with one attached hydrogen (secondary N) is 2. The van der Waals surface area contributed by atoms with Crippen molar-refractivity contribution < 1.29 is 4.79 Å². The van der Waals surface area contributed by atoms with Gasteiger partial charge in [-0.1, -0.05) is 17.7 Å². The molecule has 0 aliphatic rings. The van der Waals surface area contributed by atoms with E-state index in [1.807, 2.05) is 62.4 Å². The van der Waals surface area contributed by atoms with Crippen LogP contribution in [0.2, 0.25) is 0 Å². The van der Waals surface area contributed by atoms with Crippen molar-refractivity contribution >= 4 is 17.3 Å². The molecule has 3 nitrogen and oxygen atoms in total. The predicted octanol–water partition coefficient (Wildman–Crippen LogP) is 3.68. The summed E-state index contributed by atoms with van der Waals surface area (Å²) in [5.41, 5.74) is 3.66. The Hall–Kier alpha value is -2.29. The number of rotatable bonds is 4. The van der Waals surface area contributed by atoms with Gasteiger partial charge < -0.3 is 10.6 Å². The van der Waals surface area contributed by atoms with E-state index in [1.165, 1.54) is 0 Å². The van der Waals surface area contributed by atoms with E-state index in [-0.39, 0.29) is 5.91 Å². The summed E-state index contributed by atoms with van der Waals surface area (Å²) in [5, 5.41) is 6.09. The second-order valence-electron chi connectivity index (χ2n) is 4.43. The third-order valence-electron chi connectivity index (χ3n) is 2.84. The number of benzene rings is 2. The van der Waals surface area contributed by atoms with Crippen LogP contribution in [0, 0.1) is 6.92 Å². The van der Waals surface area contributed by atoms with Crippen molar-refractivity contribution in [3.05, 3.63) is 59.7 Å². The molecule has 3 heteroatoms.